The molecule has 1 heterocycles. The zero-order valence-electron chi connectivity index (χ0n) is 9.91. The van der Waals surface area contributed by atoms with Crippen LogP contribution in [0.5, 0.6) is 0 Å². The van der Waals surface area contributed by atoms with E-state index in [4.69, 9.17) is 5.26 Å². The summed E-state index contributed by atoms with van der Waals surface area (Å²) in [6, 6.07) is 3.79. The van der Waals surface area contributed by atoms with Gasteiger partial charge in [0.25, 0.3) is 0 Å². The van der Waals surface area contributed by atoms with Gasteiger partial charge in [0.05, 0.1) is 6.07 Å². The van der Waals surface area contributed by atoms with Crippen molar-refractivity contribution in [3.05, 3.63) is 12.4 Å². The SMILES string of the molecule is CC(C)(C)CNc1cc(NCC#N)ncn1. The van der Waals surface area contributed by atoms with Gasteiger partial charge in [-0.2, -0.15) is 5.26 Å². The fraction of sp³-hybridized carbons (Fsp3) is 0.545. The zero-order chi connectivity index (χ0) is 12.0. The van der Waals surface area contributed by atoms with E-state index in [2.05, 4.69) is 41.4 Å². The summed E-state index contributed by atoms with van der Waals surface area (Å²) in [5, 5.41) is 14.5. The first-order chi connectivity index (χ1) is 7.51. The summed E-state index contributed by atoms with van der Waals surface area (Å²) < 4.78 is 0. The maximum Gasteiger partial charge on any atom is 0.132 e. The van der Waals surface area contributed by atoms with Gasteiger partial charge >= 0.3 is 0 Å². The molecular formula is C11H17N5. The van der Waals surface area contributed by atoms with Crippen molar-refractivity contribution in [2.75, 3.05) is 23.7 Å². The minimum atomic E-state index is 0.200. The Hall–Kier alpha value is -1.83. The molecule has 0 atom stereocenters. The van der Waals surface area contributed by atoms with E-state index in [-0.39, 0.29) is 12.0 Å². The number of nitrogens with one attached hydrogen (secondary N) is 2. The lowest BCUT2D eigenvalue weighted by Gasteiger charge is -2.19. The molecule has 0 aromatic carbocycles. The molecule has 1 aromatic heterocycles. The van der Waals surface area contributed by atoms with Gasteiger partial charge < -0.3 is 10.6 Å². The van der Waals surface area contributed by atoms with Gasteiger partial charge in [0.2, 0.25) is 0 Å². The van der Waals surface area contributed by atoms with Crippen LogP contribution in [0.3, 0.4) is 0 Å². The van der Waals surface area contributed by atoms with Crippen LogP contribution in [0.4, 0.5) is 11.6 Å². The van der Waals surface area contributed by atoms with E-state index >= 15 is 0 Å². The van der Waals surface area contributed by atoms with Gasteiger partial charge in [-0.15, -0.1) is 0 Å². The minimum Gasteiger partial charge on any atom is -0.369 e. The molecule has 0 spiro atoms. The molecule has 1 rings (SSSR count). The average molecular weight is 219 g/mol. The molecule has 0 amide bonds. The first kappa shape index (κ1) is 12.2. The highest BCUT2D eigenvalue weighted by molar-refractivity contribution is 5.46. The monoisotopic (exact) mass is 219 g/mol. The van der Waals surface area contributed by atoms with E-state index < -0.39 is 0 Å². The van der Waals surface area contributed by atoms with Crippen LogP contribution in [-0.2, 0) is 0 Å². The lowest BCUT2D eigenvalue weighted by atomic mass is 9.97. The Morgan fingerprint density at radius 3 is 2.44 bits per heavy atom. The zero-order valence-corrected chi connectivity index (χ0v) is 9.91. The van der Waals surface area contributed by atoms with Crippen molar-refractivity contribution in [1.82, 2.24) is 9.97 Å². The molecular weight excluding hydrogens is 202 g/mol. The van der Waals surface area contributed by atoms with Gasteiger partial charge in [0, 0.05) is 12.6 Å². The minimum absolute atomic E-state index is 0.200. The number of nitriles is 1. The molecule has 0 radical (unpaired) electrons. The van der Waals surface area contributed by atoms with Crippen LogP contribution in [0.1, 0.15) is 20.8 Å². The Morgan fingerprint density at radius 2 is 1.88 bits per heavy atom. The average Bonchev–Trinajstić information content (AvgIpc) is 2.23. The van der Waals surface area contributed by atoms with Crippen molar-refractivity contribution in [2.45, 2.75) is 20.8 Å². The Morgan fingerprint density at radius 1 is 1.25 bits per heavy atom. The van der Waals surface area contributed by atoms with Crippen LogP contribution in [0, 0.1) is 16.7 Å². The van der Waals surface area contributed by atoms with Gasteiger partial charge in [-0.1, -0.05) is 20.8 Å². The quantitative estimate of drug-likeness (QED) is 0.756. The van der Waals surface area contributed by atoms with E-state index in [0.29, 0.717) is 5.82 Å². The van der Waals surface area contributed by atoms with Crippen LogP contribution in [0.25, 0.3) is 0 Å². The van der Waals surface area contributed by atoms with Crippen molar-refractivity contribution in [3.63, 3.8) is 0 Å². The van der Waals surface area contributed by atoms with E-state index in [1.54, 1.807) is 6.07 Å². The molecule has 0 unspecified atom stereocenters. The summed E-state index contributed by atoms with van der Waals surface area (Å²) in [6.45, 7) is 7.53. The van der Waals surface area contributed by atoms with Gasteiger partial charge in [-0.25, -0.2) is 9.97 Å². The number of hydrogen-bond acceptors (Lipinski definition) is 5. The molecule has 0 aliphatic heterocycles. The maximum absolute atomic E-state index is 8.44. The van der Waals surface area contributed by atoms with Crippen molar-refractivity contribution in [2.24, 2.45) is 5.41 Å². The Labute approximate surface area is 95.9 Å². The maximum atomic E-state index is 8.44. The molecule has 0 bridgehead atoms. The summed E-state index contributed by atoms with van der Waals surface area (Å²) in [6.07, 6.45) is 1.48. The first-order valence-corrected chi connectivity index (χ1v) is 5.18. The predicted octanol–water partition coefficient (Wildman–Crippen LogP) is 1.87. The Balaban J connectivity index is 2.57. The third-order valence-electron chi connectivity index (χ3n) is 1.82. The second kappa shape index (κ2) is 5.31. The smallest absolute Gasteiger partial charge is 0.132 e. The number of anilines is 2. The second-order valence-corrected chi connectivity index (χ2v) is 4.71. The lowest BCUT2D eigenvalue weighted by Crippen LogP contribution is -2.19. The molecule has 2 N–H and O–H groups in total. The van der Waals surface area contributed by atoms with Crippen molar-refractivity contribution in [1.29, 1.82) is 5.26 Å². The van der Waals surface area contributed by atoms with Crippen LogP contribution in [-0.4, -0.2) is 23.1 Å². The van der Waals surface area contributed by atoms with E-state index in [0.717, 1.165) is 12.4 Å². The highest BCUT2D eigenvalue weighted by Gasteiger charge is 2.09. The summed E-state index contributed by atoms with van der Waals surface area (Å²) in [7, 11) is 0. The molecule has 1 aromatic rings. The van der Waals surface area contributed by atoms with Crippen LogP contribution in [0.15, 0.2) is 12.4 Å². The third-order valence-corrected chi connectivity index (χ3v) is 1.82. The molecule has 0 aliphatic carbocycles. The predicted molar refractivity (Wildman–Crippen MR) is 64.1 cm³/mol. The molecule has 0 aliphatic rings. The Bertz CT molecular complexity index is 375. The van der Waals surface area contributed by atoms with Gasteiger partial charge in [-0.3, -0.25) is 0 Å². The lowest BCUT2D eigenvalue weighted by molar-refractivity contribution is 0.442. The second-order valence-electron chi connectivity index (χ2n) is 4.71. The standard InChI is InChI=1S/C11H17N5/c1-11(2,3)7-14-10-6-9(13-5-4-12)15-8-16-10/h6,8H,5,7H2,1-3H3,(H2,13,14,15,16). The van der Waals surface area contributed by atoms with E-state index in [1.165, 1.54) is 6.33 Å². The summed E-state index contributed by atoms with van der Waals surface area (Å²) in [4.78, 5) is 8.11. The molecule has 0 saturated carbocycles. The van der Waals surface area contributed by atoms with E-state index in [1.807, 2.05) is 6.07 Å². The molecule has 5 heteroatoms. The third kappa shape index (κ3) is 4.60. The van der Waals surface area contributed by atoms with Crippen LogP contribution >= 0.6 is 0 Å². The summed E-state index contributed by atoms with van der Waals surface area (Å²) >= 11 is 0. The number of rotatable bonds is 4. The van der Waals surface area contributed by atoms with Gasteiger partial charge in [0.15, 0.2) is 0 Å². The number of aromatic nitrogens is 2. The fourth-order valence-corrected chi connectivity index (χ4v) is 1.04. The first-order valence-electron chi connectivity index (χ1n) is 5.18. The largest absolute Gasteiger partial charge is 0.369 e. The highest BCUT2D eigenvalue weighted by atomic mass is 15.1. The van der Waals surface area contributed by atoms with Crippen LogP contribution < -0.4 is 10.6 Å². The van der Waals surface area contributed by atoms with Crippen molar-refractivity contribution < 1.29 is 0 Å². The van der Waals surface area contributed by atoms with Crippen molar-refractivity contribution >= 4 is 11.6 Å². The fourth-order valence-electron chi connectivity index (χ4n) is 1.04. The number of nitrogens with zero attached hydrogens (tertiary/aromatic N) is 3. The van der Waals surface area contributed by atoms with Gasteiger partial charge in [0.1, 0.15) is 24.5 Å². The normalized spacial score (nSPS) is 10.6. The highest BCUT2D eigenvalue weighted by Crippen LogP contribution is 2.15. The molecule has 16 heavy (non-hydrogen) atoms. The summed E-state index contributed by atoms with van der Waals surface area (Å²) in [5.41, 5.74) is 0.200. The Kier molecular flexibility index (Phi) is 4.06. The molecule has 86 valence electrons. The number of hydrogen-bond donors (Lipinski definition) is 2. The molecule has 5 nitrogen and oxygen atoms in total. The topological polar surface area (TPSA) is 73.6 Å². The van der Waals surface area contributed by atoms with Crippen molar-refractivity contribution in [3.8, 4) is 6.07 Å². The van der Waals surface area contributed by atoms with Gasteiger partial charge in [-0.05, 0) is 5.41 Å². The molecule has 0 saturated heterocycles. The molecule has 0 fully saturated rings. The van der Waals surface area contributed by atoms with E-state index in [9.17, 15) is 0 Å². The summed E-state index contributed by atoms with van der Waals surface area (Å²) in [5.74, 6) is 1.43. The van der Waals surface area contributed by atoms with Crippen LogP contribution in [0.2, 0.25) is 0 Å².